The second-order valence-electron chi connectivity index (χ2n) is 4.16. The number of carbonyl (C=O) groups excluding carboxylic acids is 1. The van der Waals surface area contributed by atoms with Crippen LogP contribution in [0.3, 0.4) is 0 Å². The fourth-order valence-electron chi connectivity index (χ4n) is 2.08. The molecule has 0 aliphatic carbocycles. The minimum absolute atomic E-state index is 0.0411. The van der Waals surface area contributed by atoms with Crippen LogP contribution < -0.4 is 0 Å². The molecule has 0 aromatic carbocycles. The first-order chi connectivity index (χ1) is 7.94. The van der Waals surface area contributed by atoms with Gasteiger partial charge in [0.1, 0.15) is 6.04 Å². The fourth-order valence-corrected chi connectivity index (χ4v) is 2.08. The average molecular weight is 253 g/mol. The lowest BCUT2D eigenvalue weighted by Gasteiger charge is -2.22. The van der Waals surface area contributed by atoms with Crippen molar-refractivity contribution in [1.29, 1.82) is 0 Å². The Kier molecular flexibility index (Phi) is 5.24. The van der Waals surface area contributed by atoms with Crippen LogP contribution in [0.5, 0.6) is 0 Å². The number of nitrogens with zero attached hydrogens (tertiary/aromatic N) is 1. The molecule has 0 spiro atoms. The van der Waals surface area contributed by atoms with Crippen molar-refractivity contribution in [3.63, 3.8) is 0 Å². The molecule has 17 heavy (non-hydrogen) atoms. The molecule has 0 bridgehead atoms. The van der Waals surface area contributed by atoms with Crippen LogP contribution in [-0.4, -0.2) is 42.8 Å². The number of hydrogen-bond acceptors (Lipinski definition) is 3. The van der Waals surface area contributed by atoms with Crippen LogP contribution in [0.25, 0.3) is 0 Å². The monoisotopic (exact) mass is 253 g/mol. The van der Waals surface area contributed by atoms with Crippen LogP contribution in [0.4, 0.5) is 13.2 Å². The van der Waals surface area contributed by atoms with Gasteiger partial charge in [-0.3, -0.25) is 9.69 Å². The molecule has 0 aromatic rings. The lowest BCUT2D eigenvalue weighted by atomic mass is 10.2. The molecule has 0 radical (unpaired) electrons. The summed E-state index contributed by atoms with van der Waals surface area (Å²) in [6, 6.07) is -0.344. The molecule has 1 heterocycles. The van der Waals surface area contributed by atoms with E-state index in [1.165, 1.54) is 0 Å². The van der Waals surface area contributed by atoms with Gasteiger partial charge in [0, 0.05) is 6.42 Å². The predicted octanol–water partition coefficient (Wildman–Crippen LogP) is 2.36. The Labute approximate surface area is 98.9 Å². The van der Waals surface area contributed by atoms with Crippen LogP contribution in [-0.2, 0) is 9.53 Å². The van der Waals surface area contributed by atoms with Crippen molar-refractivity contribution in [2.45, 2.75) is 44.8 Å². The third kappa shape index (κ3) is 4.93. The minimum Gasteiger partial charge on any atom is -0.465 e. The largest absolute Gasteiger partial charge is 0.465 e. The summed E-state index contributed by atoms with van der Waals surface area (Å²) in [5.41, 5.74) is 0. The van der Waals surface area contributed by atoms with Crippen LogP contribution >= 0.6 is 0 Å². The smallest absolute Gasteiger partial charge is 0.389 e. The second kappa shape index (κ2) is 6.23. The summed E-state index contributed by atoms with van der Waals surface area (Å²) in [5, 5.41) is 0. The zero-order valence-electron chi connectivity index (χ0n) is 9.92. The molecule has 1 saturated heterocycles. The predicted molar refractivity (Wildman–Crippen MR) is 56.5 cm³/mol. The lowest BCUT2D eigenvalue weighted by Crippen LogP contribution is -2.38. The maximum absolute atomic E-state index is 12.0. The van der Waals surface area contributed by atoms with Gasteiger partial charge in [0.15, 0.2) is 0 Å². The van der Waals surface area contributed by atoms with Crippen LogP contribution in [0.2, 0.25) is 0 Å². The van der Waals surface area contributed by atoms with E-state index >= 15 is 0 Å². The van der Waals surface area contributed by atoms with Crippen molar-refractivity contribution < 1.29 is 22.7 Å². The topological polar surface area (TPSA) is 29.5 Å². The third-order valence-corrected chi connectivity index (χ3v) is 2.83. The van der Waals surface area contributed by atoms with E-state index < -0.39 is 12.6 Å². The van der Waals surface area contributed by atoms with Crippen LogP contribution in [0.1, 0.15) is 32.6 Å². The summed E-state index contributed by atoms with van der Waals surface area (Å²) >= 11 is 0. The molecule has 3 nitrogen and oxygen atoms in total. The maximum atomic E-state index is 12.0. The molecule has 0 saturated carbocycles. The van der Waals surface area contributed by atoms with Gasteiger partial charge in [-0.05, 0) is 39.3 Å². The van der Waals surface area contributed by atoms with Crippen molar-refractivity contribution in [3.8, 4) is 0 Å². The molecule has 0 N–H and O–H groups in total. The zero-order chi connectivity index (χ0) is 12.9. The van der Waals surface area contributed by atoms with E-state index in [9.17, 15) is 18.0 Å². The molecular weight excluding hydrogens is 235 g/mol. The molecule has 1 unspecified atom stereocenters. The number of hydrogen-bond donors (Lipinski definition) is 0. The van der Waals surface area contributed by atoms with E-state index in [1.807, 2.05) is 0 Å². The number of rotatable bonds is 5. The van der Waals surface area contributed by atoms with Gasteiger partial charge in [0.25, 0.3) is 0 Å². The Morgan fingerprint density at radius 1 is 1.47 bits per heavy atom. The van der Waals surface area contributed by atoms with Gasteiger partial charge in [-0.1, -0.05) is 0 Å². The van der Waals surface area contributed by atoms with Gasteiger partial charge in [0.05, 0.1) is 6.61 Å². The quantitative estimate of drug-likeness (QED) is 0.704. The molecule has 1 aliphatic rings. The molecule has 6 heteroatoms. The molecular formula is C11H18F3NO2. The Hall–Kier alpha value is -0.780. The summed E-state index contributed by atoms with van der Waals surface area (Å²) in [4.78, 5) is 13.3. The van der Waals surface area contributed by atoms with E-state index in [4.69, 9.17) is 4.74 Å². The Bertz CT molecular complexity index is 256. The van der Waals surface area contributed by atoms with Crippen molar-refractivity contribution in [2.24, 2.45) is 0 Å². The van der Waals surface area contributed by atoms with Gasteiger partial charge in [0.2, 0.25) is 0 Å². The van der Waals surface area contributed by atoms with E-state index in [0.29, 0.717) is 26.1 Å². The minimum atomic E-state index is -4.11. The molecule has 1 fully saturated rings. The van der Waals surface area contributed by atoms with E-state index in [1.54, 1.807) is 11.8 Å². The van der Waals surface area contributed by atoms with Gasteiger partial charge >= 0.3 is 12.1 Å². The zero-order valence-corrected chi connectivity index (χ0v) is 9.92. The van der Waals surface area contributed by atoms with Crippen molar-refractivity contribution >= 4 is 5.97 Å². The standard InChI is InChI=1S/C11H18F3NO2/c1-2-17-10(16)9-5-3-7-15(9)8-4-6-11(12,13)14/h9H,2-8H2,1H3. The molecule has 1 aliphatic heterocycles. The van der Waals surface area contributed by atoms with Crippen molar-refractivity contribution in [1.82, 2.24) is 4.90 Å². The Morgan fingerprint density at radius 2 is 2.18 bits per heavy atom. The van der Waals surface area contributed by atoms with Gasteiger partial charge in [-0.15, -0.1) is 0 Å². The van der Waals surface area contributed by atoms with Crippen LogP contribution in [0.15, 0.2) is 0 Å². The highest BCUT2D eigenvalue weighted by atomic mass is 19.4. The normalized spacial score (nSPS) is 21.8. The number of likely N-dealkylation sites (tertiary alicyclic amines) is 1. The molecule has 0 aromatic heterocycles. The first-order valence-electron chi connectivity index (χ1n) is 5.91. The van der Waals surface area contributed by atoms with E-state index in [0.717, 1.165) is 6.42 Å². The maximum Gasteiger partial charge on any atom is 0.389 e. The third-order valence-electron chi connectivity index (χ3n) is 2.83. The highest BCUT2D eigenvalue weighted by Crippen LogP contribution is 2.24. The molecule has 1 atom stereocenters. The fraction of sp³-hybridized carbons (Fsp3) is 0.909. The molecule has 0 amide bonds. The summed E-state index contributed by atoms with van der Waals surface area (Å²) in [6.45, 7) is 3.02. The summed E-state index contributed by atoms with van der Waals surface area (Å²) < 4.78 is 40.9. The van der Waals surface area contributed by atoms with Gasteiger partial charge in [-0.25, -0.2) is 0 Å². The number of esters is 1. The molecule has 100 valence electrons. The van der Waals surface area contributed by atoms with E-state index in [2.05, 4.69) is 0 Å². The highest BCUT2D eigenvalue weighted by Gasteiger charge is 2.33. The average Bonchev–Trinajstić information content (AvgIpc) is 2.64. The molecule has 1 rings (SSSR count). The Balaban J connectivity index is 2.34. The van der Waals surface area contributed by atoms with E-state index in [-0.39, 0.29) is 18.4 Å². The summed E-state index contributed by atoms with van der Waals surface area (Å²) in [7, 11) is 0. The summed E-state index contributed by atoms with van der Waals surface area (Å²) in [5.74, 6) is -0.308. The first kappa shape index (κ1) is 14.3. The van der Waals surface area contributed by atoms with Gasteiger partial charge < -0.3 is 4.74 Å². The van der Waals surface area contributed by atoms with Crippen molar-refractivity contribution in [3.05, 3.63) is 0 Å². The number of halogens is 3. The second-order valence-corrected chi connectivity index (χ2v) is 4.16. The number of ether oxygens (including phenoxy) is 1. The number of alkyl halides is 3. The SMILES string of the molecule is CCOC(=O)C1CCCN1CCCC(F)(F)F. The lowest BCUT2D eigenvalue weighted by molar-refractivity contribution is -0.148. The number of carbonyl (C=O) groups is 1. The first-order valence-corrected chi connectivity index (χ1v) is 5.91. The Morgan fingerprint density at radius 3 is 2.76 bits per heavy atom. The highest BCUT2D eigenvalue weighted by molar-refractivity contribution is 5.76. The van der Waals surface area contributed by atoms with Crippen LogP contribution in [0, 0.1) is 0 Å². The summed E-state index contributed by atoms with van der Waals surface area (Å²) in [6.07, 6.45) is -3.34. The van der Waals surface area contributed by atoms with Crippen molar-refractivity contribution in [2.75, 3.05) is 19.7 Å². The van der Waals surface area contributed by atoms with Gasteiger partial charge in [-0.2, -0.15) is 13.2 Å².